The lowest BCUT2D eigenvalue weighted by molar-refractivity contribution is -0.385. The number of anilines is 1. The molecule has 0 heterocycles. The molecule has 2 aromatic rings. The summed E-state index contributed by atoms with van der Waals surface area (Å²) in [4.78, 5) is 22.4. The number of benzene rings is 2. The van der Waals surface area contributed by atoms with Crippen LogP contribution in [0.15, 0.2) is 42.5 Å². The summed E-state index contributed by atoms with van der Waals surface area (Å²) < 4.78 is 0. The minimum atomic E-state index is -0.519. The lowest BCUT2D eigenvalue weighted by atomic mass is 10.1. The molecule has 0 saturated carbocycles. The van der Waals surface area contributed by atoms with Gasteiger partial charge in [0.2, 0.25) is 5.91 Å². The molecule has 7 heteroatoms. The summed E-state index contributed by atoms with van der Waals surface area (Å²) in [5.41, 5.74) is 0.607. The van der Waals surface area contributed by atoms with Crippen molar-refractivity contribution in [3.05, 3.63) is 68.2 Å². The van der Waals surface area contributed by atoms with Crippen LogP contribution in [-0.4, -0.2) is 10.8 Å². The third kappa shape index (κ3) is 3.71. The van der Waals surface area contributed by atoms with Gasteiger partial charge < -0.3 is 5.32 Å². The zero-order valence-electron chi connectivity index (χ0n) is 10.7. The predicted molar refractivity (Wildman–Crippen MR) is 81.9 cm³/mol. The number of amides is 1. The van der Waals surface area contributed by atoms with Gasteiger partial charge in [0.25, 0.3) is 5.69 Å². The fourth-order valence-corrected chi connectivity index (χ4v) is 2.15. The minimum Gasteiger partial charge on any atom is -0.324 e. The predicted octanol–water partition coefficient (Wildman–Crippen LogP) is 4.08. The van der Waals surface area contributed by atoms with E-state index < -0.39 is 10.8 Å². The van der Waals surface area contributed by atoms with E-state index in [0.29, 0.717) is 16.3 Å². The van der Waals surface area contributed by atoms with Crippen molar-refractivity contribution in [2.45, 2.75) is 6.42 Å². The highest BCUT2D eigenvalue weighted by Gasteiger charge is 2.16. The zero-order chi connectivity index (χ0) is 15.4. The molecule has 0 aliphatic rings. The van der Waals surface area contributed by atoms with E-state index in [1.165, 1.54) is 12.1 Å². The second-order valence-electron chi connectivity index (χ2n) is 4.21. The topological polar surface area (TPSA) is 72.2 Å². The van der Waals surface area contributed by atoms with Crippen molar-refractivity contribution in [2.75, 3.05) is 5.32 Å². The minimum absolute atomic E-state index is 0.0927. The Hall–Kier alpha value is -2.11. The number of carbonyl (C=O) groups excluding carboxylic acids is 1. The van der Waals surface area contributed by atoms with Crippen LogP contribution in [0.2, 0.25) is 10.0 Å². The number of rotatable bonds is 4. The molecule has 0 radical (unpaired) electrons. The maximum absolute atomic E-state index is 12.0. The highest BCUT2D eigenvalue weighted by molar-refractivity contribution is 6.43. The van der Waals surface area contributed by atoms with Gasteiger partial charge in [-0.05, 0) is 12.1 Å². The Morgan fingerprint density at radius 1 is 1.14 bits per heavy atom. The van der Waals surface area contributed by atoms with E-state index >= 15 is 0 Å². The largest absolute Gasteiger partial charge is 0.324 e. The number of nitrogens with one attached hydrogen (secondary N) is 1. The molecule has 0 fully saturated rings. The fourth-order valence-electron chi connectivity index (χ4n) is 1.81. The van der Waals surface area contributed by atoms with Gasteiger partial charge in [-0.2, -0.15) is 0 Å². The lowest BCUT2D eigenvalue weighted by Crippen LogP contribution is -2.15. The monoisotopic (exact) mass is 324 g/mol. The first-order chi connectivity index (χ1) is 9.99. The lowest BCUT2D eigenvalue weighted by Gasteiger charge is -2.08. The van der Waals surface area contributed by atoms with Crippen LogP contribution >= 0.6 is 23.2 Å². The number of halogens is 2. The number of hydrogen-bond acceptors (Lipinski definition) is 3. The molecule has 0 bridgehead atoms. The number of carbonyl (C=O) groups is 1. The smallest absolute Gasteiger partial charge is 0.273 e. The molecular formula is C14H10Cl2N2O3. The molecule has 21 heavy (non-hydrogen) atoms. The van der Waals surface area contributed by atoms with E-state index in [0.717, 1.165) is 0 Å². The zero-order valence-corrected chi connectivity index (χ0v) is 12.2. The Morgan fingerprint density at radius 2 is 1.86 bits per heavy atom. The van der Waals surface area contributed by atoms with Gasteiger partial charge in [0.1, 0.15) is 0 Å². The fraction of sp³-hybridized carbons (Fsp3) is 0.0714. The van der Waals surface area contributed by atoms with Crippen molar-refractivity contribution in [1.29, 1.82) is 0 Å². The third-order valence-corrected chi connectivity index (χ3v) is 3.58. The maximum Gasteiger partial charge on any atom is 0.273 e. The number of nitrogens with zero attached hydrogens (tertiary/aromatic N) is 1. The molecule has 5 nitrogen and oxygen atoms in total. The van der Waals surface area contributed by atoms with Crippen LogP contribution in [0.1, 0.15) is 5.56 Å². The Labute approximate surface area is 130 Å². The SMILES string of the molecule is O=C(Cc1ccccc1[N+](=O)[O-])Nc1cccc(Cl)c1Cl. The van der Waals surface area contributed by atoms with Crippen LogP contribution in [0.3, 0.4) is 0 Å². The molecule has 2 aromatic carbocycles. The van der Waals surface area contributed by atoms with E-state index in [1.807, 2.05) is 0 Å². The number of nitro groups is 1. The van der Waals surface area contributed by atoms with E-state index in [1.54, 1.807) is 30.3 Å². The maximum atomic E-state index is 12.0. The van der Waals surface area contributed by atoms with E-state index in [2.05, 4.69) is 5.32 Å². The van der Waals surface area contributed by atoms with Crippen molar-refractivity contribution in [3.8, 4) is 0 Å². The molecule has 1 N–H and O–H groups in total. The van der Waals surface area contributed by atoms with Crippen LogP contribution in [0, 0.1) is 10.1 Å². The summed E-state index contributed by atoms with van der Waals surface area (Å²) in [6.07, 6.45) is -0.125. The second-order valence-corrected chi connectivity index (χ2v) is 5.00. The summed E-state index contributed by atoms with van der Waals surface area (Å²) in [6.45, 7) is 0. The molecule has 2 rings (SSSR count). The molecule has 0 unspecified atom stereocenters. The first kappa shape index (κ1) is 15.3. The summed E-state index contributed by atoms with van der Waals surface area (Å²) in [5, 5.41) is 14.0. The molecule has 0 spiro atoms. The first-order valence-electron chi connectivity index (χ1n) is 5.95. The van der Waals surface area contributed by atoms with Gasteiger partial charge in [-0.25, -0.2) is 0 Å². The van der Waals surface area contributed by atoms with Gasteiger partial charge in [-0.3, -0.25) is 14.9 Å². The van der Waals surface area contributed by atoms with Crippen molar-refractivity contribution < 1.29 is 9.72 Å². The van der Waals surface area contributed by atoms with Crippen LogP contribution in [0.25, 0.3) is 0 Å². The van der Waals surface area contributed by atoms with Crippen LogP contribution in [0.4, 0.5) is 11.4 Å². The highest BCUT2D eigenvalue weighted by atomic mass is 35.5. The first-order valence-corrected chi connectivity index (χ1v) is 6.71. The Bertz CT molecular complexity index is 704. The average Bonchev–Trinajstić information content (AvgIpc) is 2.44. The molecule has 0 aromatic heterocycles. The second kappa shape index (κ2) is 6.56. The summed E-state index contributed by atoms with van der Waals surface area (Å²) in [6, 6.07) is 10.9. The Morgan fingerprint density at radius 3 is 2.57 bits per heavy atom. The van der Waals surface area contributed by atoms with E-state index in [4.69, 9.17) is 23.2 Å². The molecule has 0 atom stereocenters. The number of para-hydroxylation sites is 1. The number of nitro benzene ring substituents is 1. The van der Waals surface area contributed by atoms with Crippen molar-refractivity contribution in [3.63, 3.8) is 0 Å². The van der Waals surface area contributed by atoms with Crippen molar-refractivity contribution in [1.82, 2.24) is 0 Å². The Kier molecular flexibility index (Phi) is 4.77. The van der Waals surface area contributed by atoms with Gasteiger partial charge in [-0.15, -0.1) is 0 Å². The van der Waals surface area contributed by atoms with Gasteiger partial charge in [0.05, 0.1) is 27.1 Å². The molecule has 108 valence electrons. The molecule has 0 aliphatic carbocycles. The normalized spacial score (nSPS) is 10.2. The third-order valence-electron chi connectivity index (χ3n) is 2.77. The quantitative estimate of drug-likeness (QED) is 0.680. The van der Waals surface area contributed by atoms with E-state index in [9.17, 15) is 14.9 Å². The van der Waals surface area contributed by atoms with Gasteiger partial charge in [-0.1, -0.05) is 47.5 Å². The summed E-state index contributed by atoms with van der Waals surface area (Å²) in [5.74, 6) is -0.409. The highest BCUT2D eigenvalue weighted by Crippen LogP contribution is 2.29. The van der Waals surface area contributed by atoms with Crippen molar-refractivity contribution in [2.24, 2.45) is 0 Å². The van der Waals surface area contributed by atoms with E-state index in [-0.39, 0.29) is 17.1 Å². The average molecular weight is 325 g/mol. The van der Waals surface area contributed by atoms with Crippen LogP contribution in [0.5, 0.6) is 0 Å². The van der Waals surface area contributed by atoms with Gasteiger partial charge >= 0.3 is 0 Å². The molecule has 0 saturated heterocycles. The molecular weight excluding hydrogens is 315 g/mol. The summed E-state index contributed by atoms with van der Waals surface area (Å²) in [7, 11) is 0. The molecule has 0 aliphatic heterocycles. The number of hydrogen-bond donors (Lipinski definition) is 1. The summed E-state index contributed by atoms with van der Waals surface area (Å²) >= 11 is 11.8. The standard InChI is InChI=1S/C14H10Cl2N2O3/c15-10-5-3-6-11(14(10)16)17-13(19)8-9-4-1-2-7-12(9)18(20)21/h1-7H,8H2,(H,17,19). The van der Waals surface area contributed by atoms with Crippen molar-refractivity contribution >= 4 is 40.5 Å². The van der Waals surface area contributed by atoms with Gasteiger partial charge in [0.15, 0.2) is 0 Å². The van der Waals surface area contributed by atoms with Gasteiger partial charge in [0, 0.05) is 11.6 Å². The molecule has 1 amide bonds. The van der Waals surface area contributed by atoms with Crippen LogP contribution in [-0.2, 0) is 11.2 Å². The van der Waals surface area contributed by atoms with Crippen LogP contribution < -0.4 is 5.32 Å². The Balaban J connectivity index is 2.16.